The number of hydrogen-bond acceptors (Lipinski definition) is 3. The van der Waals surface area contributed by atoms with Gasteiger partial charge in [0.05, 0.1) is 5.25 Å². The second-order valence-corrected chi connectivity index (χ2v) is 9.13. The van der Waals surface area contributed by atoms with Gasteiger partial charge in [0, 0.05) is 31.9 Å². The number of carbonyl (C=O) groups is 1. The molecule has 1 aromatic heterocycles. The molecule has 3 aromatic rings. The van der Waals surface area contributed by atoms with Gasteiger partial charge in [0.25, 0.3) is 0 Å². The molecule has 0 aliphatic carbocycles. The van der Waals surface area contributed by atoms with E-state index in [1.807, 2.05) is 54.1 Å². The van der Waals surface area contributed by atoms with Gasteiger partial charge in [0.15, 0.2) is 0 Å². The molecule has 1 aliphatic rings. The zero-order valence-electron chi connectivity index (χ0n) is 15.7. The fraction of sp³-hybridized carbons (Fsp3) is 0.286. The monoisotopic (exact) mass is 399 g/mol. The molecule has 148 valence electrons. The highest BCUT2D eigenvalue weighted by Crippen LogP contribution is 2.25. The zero-order chi connectivity index (χ0) is 19.7. The Labute approximate surface area is 166 Å². The van der Waals surface area contributed by atoms with Crippen LogP contribution in [0.2, 0.25) is 0 Å². The SMILES string of the molecule is CC(C(=O)N1CCC(S(=O)(=O)Nc2ccccc2)C1)n1ccc2ccccc21.[HH]. The minimum Gasteiger partial charge on any atom is -0.339 e. The fourth-order valence-corrected chi connectivity index (χ4v) is 5.18. The van der Waals surface area contributed by atoms with Crippen LogP contribution < -0.4 is 4.72 Å². The molecule has 2 unspecified atom stereocenters. The summed E-state index contributed by atoms with van der Waals surface area (Å²) >= 11 is 0. The van der Waals surface area contributed by atoms with E-state index in [1.54, 1.807) is 29.2 Å². The molecule has 0 saturated carbocycles. The summed E-state index contributed by atoms with van der Waals surface area (Å²) < 4.78 is 30.0. The molecule has 1 N–H and O–H groups in total. The molecular weight excluding hydrogens is 374 g/mol. The molecule has 2 heterocycles. The van der Waals surface area contributed by atoms with Crippen molar-refractivity contribution in [2.24, 2.45) is 0 Å². The molecule has 4 rings (SSSR count). The van der Waals surface area contributed by atoms with Crippen molar-refractivity contribution in [3.05, 3.63) is 66.9 Å². The summed E-state index contributed by atoms with van der Waals surface area (Å²) in [5, 5.41) is 0.473. The molecule has 2 aromatic carbocycles. The molecule has 0 bridgehead atoms. The third-order valence-corrected chi connectivity index (χ3v) is 7.12. The maximum Gasteiger partial charge on any atom is 0.245 e. The topological polar surface area (TPSA) is 71.4 Å². The highest BCUT2D eigenvalue weighted by Gasteiger charge is 2.36. The summed E-state index contributed by atoms with van der Waals surface area (Å²) in [5.41, 5.74) is 1.54. The number of para-hydroxylation sites is 2. The van der Waals surface area contributed by atoms with Gasteiger partial charge in [-0.25, -0.2) is 8.42 Å². The van der Waals surface area contributed by atoms with Gasteiger partial charge in [-0.15, -0.1) is 0 Å². The van der Waals surface area contributed by atoms with E-state index >= 15 is 0 Å². The number of sulfonamides is 1. The quantitative estimate of drug-likeness (QED) is 0.714. The van der Waals surface area contributed by atoms with Gasteiger partial charge in [-0.05, 0) is 43.0 Å². The summed E-state index contributed by atoms with van der Waals surface area (Å²) in [6, 6.07) is 18.3. The Bertz CT molecular complexity index is 1100. The largest absolute Gasteiger partial charge is 0.339 e. The molecule has 1 fully saturated rings. The standard InChI is InChI=1S/C21H23N3O3S.H2/c1-16(24-14-11-17-7-5-6-10-20(17)24)21(25)23-13-12-19(15-23)28(26,27)22-18-8-3-2-4-9-18;/h2-11,14,16,19,22H,12-13,15H2,1H3;1H. The first-order valence-corrected chi connectivity index (χ1v) is 10.9. The van der Waals surface area contributed by atoms with Crippen molar-refractivity contribution in [3.8, 4) is 0 Å². The van der Waals surface area contributed by atoms with Crippen molar-refractivity contribution in [2.75, 3.05) is 17.8 Å². The number of amides is 1. The van der Waals surface area contributed by atoms with Gasteiger partial charge < -0.3 is 9.47 Å². The normalized spacial score (nSPS) is 18.3. The Kier molecular flexibility index (Phi) is 4.85. The molecule has 28 heavy (non-hydrogen) atoms. The van der Waals surface area contributed by atoms with Crippen molar-refractivity contribution in [1.29, 1.82) is 0 Å². The highest BCUT2D eigenvalue weighted by atomic mass is 32.2. The maximum atomic E-state index is 13.0. The number of fused-ring (bicyclic) bond motifs is 1. The van der Waals surface area contributed by atoms with E-state index in [0.29, 0.717) is 18.7 Å². The van der Waals surface area contributed by atoms with Crippen LogP contribution in [-0.4, -0.2) is 42.1 Å². The van der Waals surface area contributed by atoms with Gasteiger partial charge in [-0.1, -0.05) is 36.4 Å². The first-order chi connectivity index (χ1) is 13.5. The Morgan fingerprint density at radius 2 is 1.82 bits per heavy atom. The molecule has 1 amide bonds. The highest BCUT2D eigenvalue weighted by molar-refractivity contribution is 7.93. The first-order valence-electron chi connectivity index (χ1n) is 9.37. The van der Waals surface area contributed by atoms with Crippen LogP contribution in [0.4, 0.5) is 5.69 Å². The van der Waals surface area contributed by atoms with Crippen molar-refractivity contribution in [1.82, 2.24) is 9.47 Å². The Hall–Kier alpha value is -2.80. The average molecular weight is 400 g/mol. The number of rotatable bonds is 5. The predicted molar refractivity (Wildman–Crippen MR) is 113 cm³/mol. The number of aromatic nitrogens is 1. The molecule has 2 atom stereocenters. The van der Waals surface area contributed by atoms with Crippen molar-refractivity contribution < 1.29 is 14.6 Å². The van der Waals surface area contributed by atoms with E-state index in [2.05, 4.69) is 4.72 Å². The van der Waals surface area contributed by atoms with E-state index in [1.165, 1.54) is 0 Å². The van der Waals surface area contributed by atoms with Gasteiger partial charge in [0.1, 0.15) is 6.04 Å². The number of hydrogen-bond donors (Lipinski definition) is 1. The lowest BCUT2D eigenvalue weighted by Crippen LogP contribution is -2.37. The van der Waals surface area contributed by atoms with Crippen LogP contribution in [0.15, 0.2) is 66.9 Å². The molecule has 6 nitrogen and oxygen atoms in total. The zero-order valence-corrected chi connectivity index (χ0v) is 16.5. The number of carbonyl (C=O) groups excluding carboxylic acids is 1. The minimum atomic E-state index is -3.54. The van der Waals surface area contributed by atoms with Crippen LogP contribution in [0.3, 0.4) is 0 Å². The van der Waals surface area contributed by atoms with E-state index in [9.17, 15) is 13.2 Å². The third-order valence-electron chi connectivity index (χ3n) is 5.33. The number of nitrogens with one attached hydrogen (secondary N) is 1. The van der Waals surface area contributed by atoms with Crippen LogP contribution in [-0.2, 0) is 14.8 Å². The van der Waals surface area contributed by atoms with Crippen LogP contribution in [0.25, 0.3) is 10.9 Å². The average Bonchev–Trinajstić information content (AvgIpc) is 3.35. The van der Waals surface area contributed by atoms with Gasteiger partial charge in [-0.2, -0.15) is 0 Å². The lowest BCUT2D eigenvalue weighted by Gasteiger charge is -2.23. The fourth-order valence-electron chi connectivity index (χ4n) is 3.76. The Morgan fingerprint density at radius 1 is 1.11 bits per heavy atom. The van der Waals surface area contributed by atoms with Crippen LogP contribution >= 0.6 is 0 Å². The lowest BCUT2D eigenvalue weighted by molar-refractivity contribution is -0.133. The molecule has 0 spiro atoms. The Balaban J connectivity index is 0.00000240. The maximum absolute atomic E-state index is 13.0. The van der Waals surface area contributed by atoms with Gasteiger partial charge in [-0.3, -0.25) is 9.52 Å². The number of anilines is 1. The summed E-state index contributed by atoms with van der Waals surface area (Å²) in [4.78, 5) is 14.7. The second-order valence-electron chi connectivity index (χ2n) is 7.17. The number of nitrogens with zero attached hydrogens (tertiary/aromatic N) is 2. The molecule has 1 saturated heterocycles. The lowest BCUT2D eigenvalue weighted by atomic mass is 10.2. The van der Waals surface area contributed by atoms with Crippen LogP contribution in [0.1, 0.15) is 20.8 Å². The van der Waals surface area contributed by atoms with E-state index in [-0.39, 0.29) is 19.9 Å². The van der Waals surface area contributed by atoms with E-state index in [4.69, 9.17) is 0 Å². The van der Waals surface area contributed by atoms with Crippen LogP contribution in [0, 0.1) is 0 Å². The molecule has 0 radical (unpaired) electrons. The predicted octanol–water partition coefficient (Wildman–Crippen LogP) is 3.49. The smallest absolute Gasteiger partial charge is 0.245 e. The van der Waals surface area contributed by atoms with Crippen molar-refractivity contribution >= 4 is 32.5 Å². The summed E-state index contributed by atoms with van der Waals surface area (Å²) in [6.45, 7) is 2.52. The minimum absolute atomic E-state index is 0. The summed E-state index contributed by atoms with van der Waals surface area (Å²) in [7, 11) is -3.54. The van der Waals surface area contributed by atoms with Crippen molar-refractivity contribution in [3.63, 3.8) is 0 Å². The van der Waals surface area contributed by atoms with E-state index in [0.717, 1.165) is 10.9 Å². The number of benzene rings is 2. The summed E-state index contributed by atoms with van der Waals surface area (Å²) in [5.74, 6) is -0.0567. The number of likely N-dealkylation sites (tertiary alicyclic amines) is 1. The van der Waals surface area contributed by atoms with Gasteiger partial charge in [0.2, 0.25) is 15.9 Å². The molecular formula is C21H25N3O3S. The first kappa shape index (κ1) is 18.6. The second kappa shape index (κ2) is 7.31. The van der Waals surface area contributed by atoms with Gasteiger partial charge >= 0.3 is 0 Å². The summed E-state index contributed by atoms with van der Waals surface area (Å²) in [6.07, 6.45) is 2.35. The third kappa shape index (κ3) is 3.49. The Morgan fingerprint density at radius 3 is 2.61 bits per heavy atom. The molecule has 7 heteroatoms. The molecule has 1 aliphatic heterocycles. The van der Waals surface area contributed by atoms with Crippen molar-refractivity contribution in [2.45, 2.75) is 24.6 Å². The van der Waals surface area contributed by atoms with E-state index < -0.39 is 15.3 Å². The van der Waals surface area contributed by atoms with Crippen LogP contribution in [0.5, 0.6) is 0 Å².